The van der Waals surface area contributed by atoms with Crippen LogP contribution in [-0.4, -0.2) is 17.6 Å². The van der Waals surface area contributed by atoms with Crippen molar-refractivity contribution in [3.05, 3.63) is 23.4 Å². The minimum Gasteiger partial charge on any atom is -0.478 e. The summed E-state index contributed by atoms with van der Waals surface area (Å²) >= 11 is 0. The largest absolute Gasteiger partial charge is 0.478 e. The summed E-state index contributed by atoms with van der Waals surface area (Å²) in [6.07, 6.45) is 5.34. The van der Waals surface area contributed by atoms with Crippen LogP contribution in [0.1, 0.15) is 70.6 Å². The van der Waals surface area contributed by atoms with E-state index >= 15 is 0 Å². The molecule has 3 heteroatoms. The molecule has 21 heavy (non-hydrogen) atoms. The van der Waals surface area contributed by atoms with E-state index in [2.05, 4.69) is 50.1 Å². The summed E-state index contributed by atoms with van der Waals surface area (Å²) in [5.74, 6) is 2.11. The normalized spacial score (nSPS) is 15.5. The number of nitrogens with zero attached hydrogens (tertiary/aromatic N) is 1. The number of ether oxygens (including phenoxy) is 1. The average molecular weight is 290 g/mol. The highest BCUT2D eigenvalue weighted by Crippen LogP contribution is 2.29. The van der Waals surface area contributed by atoms with Crippen LogP contribution in [0.4, 0.5) is 0 Å². The van der Waals surface area contributed by atoms with Gasteiger partial charge in [0.15, 0.2) is 0 Å². The van der Waals surface area contributed by atoms with E-state index in [9.17, 15) is 0 Å². The first-order valence-electron chi connectivity index (χ1n) is 8.41. The summed E-state index contributed by atoms with van der Waals surface area (Å²) in [5, 5.41) is 3.46. The van der Waals surface area contributed by atoms with Gasteiger partial charge in [0.25, 0.3) is 0 Å². The zero-order valence-corrected chi connectivity index (χ0v) is 14.0. The Kier molecular flexibility index (Phi) is 6.04. The second-order valence-electron chi connectivity index (χ2n) is 6.86. The molecule has 0 saturated heterocycles. The minimum absolute atomic E-state index is 0.429. The van der Waals surface area contributed by atoms with Crippen molar-refractivity contribution >= 4 is 0 Å². The van der Waals surface area contributed by atoms with E-state index in [1.54, 1.807) is 0 Å². The Balaban J connectivity index is 1.96. The second-order valence-corrected chi connectivity index (χ2v) is 6.86. The summed E-state index contributed by atoms with van der Waals surface area (Å²) < 4.78 is 5.91. The van der Waals surface area contributed by atoms with Crippen LogP contribution in [0.5, 0.6) is 5.88 Å². The summed E-state index contributed by atoms with van der Waals surface area (Å²) in [7, 11) is 0. The zero-order valence-electron chi connectivity index (χ0n) is 14.0. The molecular weight excluding hydrogens is 260 g/mol. The van der Waals surface area contributed by atoms with Crippen molar-refractivity contribution in [2.75, 3.05) is 6.61 Å². The van der Waals surface area contributed by atoms with Crippen LogP contribution < -0.4 is 10.1 Å². The smallest absolute Gasteiger partial charge is 0.213 e. The number of pyridine rings is 1. The third-order valence-electron chi connectivity index (χ3n) is 4.19. The molecule has 3 nitrogen and oxygen atoms in total. The van der Waals surface area contributed by atoms with Crippen molar-refractivity contribution in [1.29, 1.82) is 0 Å². The first kappa shape index (κ1) is 16.3. The molecule has 1 aromatic heterocycles. The molecule has 1 heterocycles. The van der Waals surface area contributed by atoms with E-state index in [1.807, 2.05) is 0 Å². The van der Waals surface area contributed by atoms with Gasteiger partial charge in [0.05, 0.1) is 6.61 Å². The van der Waals surface area contributed by atoms with Gasteiger partial charge in [-0.3, -0.25) is 0 Å². The predicted molar refractivity (Wildman–Crippen MR) is 87.8 cm³/mol. The third kappa shape index (κ3) is 5.31. The molecule has 1 aliphatic rings. The van der Waals surface area contributed by atoms with Gasteiger partial charge >= 0.3 is 0 Å². The van der Waals surface area contributed by atoms with Gasteiger partial charge in [0, 0.05) is 24.3 Å². The lowest BCUT2D eigenvalue weighted by Crippen LogP contribution is -2.22. The average Bonchev–Trinajstić information content (AvgIpc) is 2.39. The maximum Gasteiger partial charge on any atom is 0.213 e. The highest BCUT2D eigenvalue weighted by molar-refractivity contribution is 5.26. The molecule has 0 radical (unpaired) electrons. The molecule has 1 N–H and O–H groups in total. The van der Waals surface area contributed by atoms with Gasteiger partial charge < -0.3 is 10.1 Å². The molecule has 0 aromatic carbocycles. The van der Waals surface area contributed by atoms with Gasteiger partial charge in [-0.05, 0) is 29.9 Å². The lowest BCUT2D eigenvalue weighted by atomic mass is 9.83. The third-order valence-corrected chi connectivity index (χ3v) is 4.19. The van der Waals surface area contributed by atoms with Crippen molar-refractivity contribution in [3.63, 3.8) is 0 Å². The lowest BCUT2D eigenvalue weighted by Gasteiger charge is -2.25. The van der Waals surface area contributed by atoms with E-state index in [4.69, 9.17) is 4.74 Å². The van der Waals surface area contributed by atoms with E-state index in [0.29, 0.717) is 12.0 Å². The van der Waals surface area contributed by atoms with Gasteiger partial charge in [-0.1, -0.05) is 47.0 Å². The Hall–Kier alpha value is -1.09. The maximum absolute atomic E-state index is 5.91. The Labute approximate surface area is 129 Å². The van der Waals surface area contributed by atoms with Crippen molar-refractivity contribution < 1.29 is 4.74 Å². The molecule has 1 aliphatic carbocycles. The summed E-state index contributed by atoms with van der Waals surface area (Å²) in [4.78, 5) is 4.65. The number of nitrogens with one attached hydrogen (secondary N) is 1. The van der Waals surface area contributed by atoms with E-state index < -0.39 is 0 Å². The van der Waals surface area contributed by atoms with Crippen molar-refractivity contribution in [1.82, 2.24) is 10.3 Å². The summed E-state index contributed by atoms with van der Waals surface area (Å²) in [6.45, 7) is 10.4. The number of hydrogen-bond donors (Lipinski definition) is 1. The van der Waals surface area contributed by atoms with Crippen LogP contribution in [-0.2, 0) is 6.54 Å². The standard InChI is InChI=1S/C18H30N2O/c1-13(2)17-10-16(12-19-14(3)4)11-18(20-17)21-9-8-15-6-5-7-15/h10-11,13-15,19H,5-9,12H2,1-4H3. The molecule has 0 amide bonds. The Bertz CT molecular complexity index is 439. The van der Waals surface area contributed by atoms with Crippen molar-refractivity contribution in [2.45, 2.75) is 71.9 Å². The van der Waals surface area contributed by atoms with Gasteiger partial charge in [0.1, 0.15) is 0 Å². The minimum atomic E-state index is 0.429. The van der Waals surface area contributed by atoms with E-state index in [1.165, 1.54) is 31.2 Å². The molecule has 1 aromatic rings. The van der Waals surface area contributed by atoms with Crippen LogP contribution >= 0.6 is 0 Å². The Morgan fingerprint density at radius 1 is 1.24 bits per heavy atom. The number of aromatic nitrogens is 1. The highest BCUT2D eigenvalue weighted by Gasteiger charge is 2.17. The molecule has 0 aliphatic heterocycles. The molecule has 0 spiro atoms. The maximum atomic E-state index is 5.91. The Morgan fingerprint density at radius 3 is 2.57 bits per heavy atom. The highest BCUT2D eigenvalue weighted by atomic mass is 16.5. The first-order chi connectivity index (χ1) is 10.0. The molecule has 1 fully saturated rings. The van der Waals surface area contributed by atoms with Crippen LogP contribution in [0.2, 0.25) is 0 Å². The summed E-state index contributed by atoms with van der Waals surface area (Å²) in [6, 6.07) is 4.77. The lowest BCUT2D eigenvalue weighted by molar-refractivity contribution is 0.217. The molecule has 118 valence electrons. The van der Waals surface area contributed by atoms with Gasteiger partial charge in [-0.25, -0.2) is 4.98 Å². The topological polar surface area (TPSA) is 34.1 Å². The molecule has 2 rings (SSSR count). The van der Waals surface area contributed by atoms with Crippen LogP contribution in [0.15, 0.2) is 12.1 Å². The van der Waals surface area contributed by atoms with Crippen LogP contribution in [0.3, 0.4) is 0 Å². The summed E-state index contributed by atoms with van der Waals surface area (Å²) in [5.41, 5.74) is 2.39. The molecular formula is C18H30N2O. The van der Waals surface area contributed by atoms with E-state index in [-0.39, 0.29) is 0 Å². The van der Waals surface area contributed by atoms with Crippen LogP contribution in [0, 0.1) is 5.92 Å². The van der Waals surface area contributed by atoms with Crippen molar-refractivity contribution in [3.8, 4) is 5.88 Å². The number of hydrogen-bond acceptors (Lipinski definition) is 3. The zero-order chi connectivity index (χ0) is 15.2. The predicted octanol–water partition coefficient (Wildman–Crippen LogP) is 4.27. The second kappa shape index (κ2) is 7.79. The molecule has 0 atom stereocenters. The van der Waals surface area contributed by atoms with Crippen molar-refractivity contribution in [2.24, 2.45) is 5.92 Å². The SMILES string of the molecule is CC(C)NCc1cc(OCCC2CCC2)nc(C(C)C)c1. The fourth-order valence-electron chi connectivity index (χ4n) is 2.49. The number of rotatable bonds is 8. The monoisotopic (exact) mass is 290 g/mol. The van der Waals surface area contributed by atoms with Crippen LogP contribution in [0.25, 0.3) is 0 Å². The van der Waals surface area contributed by atoms with Gasteiger partial charge in [-0.15, -0.1) is 0 Å². The van der Waals surface area contributed by atoms with Gasteiger partial charge in [-0.2, -0.15) is 0 Å². The Morgan fingerprint density at radius 2 is 2.00 bits per heavy atom. The van der Waals surface area contributed by atoms with Gasteiger partial charge in [0.2, 0.25) is 5.88 Å². The molecule has 0 bridgehead atoms. The fourth-order valence-corrected chi connectivity index (χ4v) is 2.49. The quantitative estimate of drug-likeness (QED) is 0.776. The molecule has 0 unspecified atom stereocenters. The fraction of sp³-hybridized carbons (Fsp3) is 0.722. The molecule has 1 saturated carbocycles. The van der Waals surface area contributed by atoms with E-state index in [0.717, 1.165) is 30.6 Å². The first-order valence-corrected chi connectivity index (χ1v) is 8.41.